The van der Waals surface area contributed by atoms with Crippen molar-refractivity contribution < 1.29 is 27.7 Å². The van der Waals surface area contributed by atoms with E-state index < -0.39 is 0 Å². The van der Waals surface area contributed by atoms with E-state index in [0.717, 1.165) is 123 Å². The molecule has 2 saturated heterocycles. The smallest absolute Gasteiger partial charge is 0.157 e. The molecule has 0 aliphatic carbocycles. The van der Waals surface area contributed by atoms with Gasteiger partial charge in [0.15, 0.2) is 12.6 Å². The van der Waals surface area contributed by atoms with Crippen molar-refractivity contribution in [2.24, 2.45) is 0 Å². The van der Waals surface area contributed by atoms with Gasteiger partial charge in [-0.3, -0.25) is 9.80 Å². The summed E-state index contributed by atoms with van der Waals surface area (Å²) in [5.74, 6) is -0.660. The number of nitrogens with zero attached hydrogens (tertiary/aromatic N) is 6. The monoisotopic (exact) mass is 1060 g/mol. The first-order chi connectivity index (χ1) is 34.6. The molecule has 4 aliphatic heterocycles. The molecule has 2 fully saturated rings. The molecule has 12 nitrogen and oxygen atoms in total. The Labute approximate surface area is 432 Å². The number of aromatic nitrogens is 4. The molecule has 12 rings (SSSR count). The van der Waals surface area contributed by atoms with Crippen LogP contribution in [0.25, 0.3) is 52.0 Å². The fourth-order valence-electron chi connectivity index (χ4n) is 9.21. The number of rotatable bonds is 12. The van der Waals surface area contributed by atoms with E-state index in [1.54, 1.807) is 58.2 Å². The summed E-state index contributed by atoms with van der Waals surface area (Å²) in [6.45, 7) is 11.2. The minimum Gasteiger partial charge on any atom is -0.396 e. The highest BCUT2D eigenvalue weighted by Crippen LogP contribution is 2.40. The SMILES string of the molecule is CC1C(c2cc3c(Cl)ccnc3s2)=CCN1CCOC1CCCCO1.CC1C(c2cc3c(Nc4cc5ncsc5cc4F)ccnc3s2)=CCN1CCOC1CCCCO1.Nc1cc2ncsc2cc1F. The molecule has 0 amide bonds. The van der Waals surface area contributed by atoms with Gasteiger partial charge in [0, 0.05) is 84.4 Å². The first kappa shape index (κ1) is 50.0. The third-order valence-corrected chi connectivity index (χ3v) is 17.4. The second-order valence-corrected chi connectivity index (χ2v) is 22.0. The zero-order valence-corrected chi connectivity index (χ0v) is 43.5. The van der Waals surface area contributed by atoms with Gasteiger partial charge in [0.1, 0.15) is 21.3 Å². The molecular formula is C52H55ClF2N8O4S4. The van der Waals surface area contributed by atoms with Crippen molar-refractivity contribution in [1.29, 1.82) is 0 Å². The molecule has 19 heteroatoms. The van der Waals surface area contributed by atoms with Gasteiger partial charge in [-0.2, -0.15) is 0 Å². The van der Waals surface area contributed by atoms with Crippen LogP contribution in [0, 0.1) is 11.6 Å². The molecule has 3 N–H and O–H groups in total. The van der Waals surface area contributed by atoms with Crippen LogP contribution in [0.2, 0.25) is 5.02 Å². The molecule has 0 radical (unpaired) electrons. The number of hydrogen-bond acceptors (Lipinski definition) is 16. The molecule has 372 valence electrons. The van der Waals surface area contributed by atoms with E-state index in [1.807, 2.05) is 12.1 Å². The van der Waals surface area contributed by atoms with E-state index in [4.69, 9.17) is 36.3 Å². The minimum absolute atomic E-state index is 0.00472. The third-order valence-electron chi connectivity index (χ3n) is 13.3. The van der Waals surface area contributed by atoms with Gasteiger partial charge in [-0.25, -0.2) is 28.7 Å². The molecule has 4 atom stereocenters. The largest absolute Gasteiger partial charge is 0.396 e. The van der Waals surface area contributed by atoms with Crippen molar-refractivity contribution >= 4 is 126 Å². The highest BCUT2D eigenvalue weighted by molar-refractivity contribution is 7.20. The van der Waals surface area contributed by atoms with Crippen LogP contribution in [0.1, 0.15) is 62.1 Å². The van der Waals surface area contributed by atoms with Crippen LogP contribution in [0.3, 0.4) is 0 Å². The lowest BCUT2D eigenvalue weighted by molar-refractivity contribution is -0.164. The van der Waals surface area contributed by atoms with Crippen LogP contribution in [0.5, 0.6) is 0 Å². The number of nitrogens with one attached hydrogen (secondary N) is 1. The molecule has 0 saturated carbocycles. The number of anilines is 3. The van der Waals surface area contributed by atoms with Gasteiger partial charge in [0.05, 0.1) is 66.8 Å². The summed E-state index contributed by atoms with van der Waals surface area (Å²) < 4.78 is 52.3. The number of ether oxygens (including phenoxy) is 4. The Kier molecular flexibility index (Phi) is 16.3. The Hall–Kier alpha value is -4.57. The summed E-state index contributed by atoms with van der Waals surface area (Å²) in [6, 6.07) is 15.0. The van der Waals surface area contributed by atoms with Crippen molar-refractivity contribution in [2.45, 2.75) is 77.0 Å². The van der Waals surface area contributed by atoms with Crippen LogP contribution < -0.4 is 11.1 Å². The zero-order chi connectivity index (χ0) is 48.8. The third kappa shape index (κ3) is 11.8. The molecule has 4 aliphatic rings. The topological polar surface area (TPSA) is 133 Å². The lowest BCUT2D eigenvalue weighted by atomic mass is 10.1. The van der Waals surface area contributed by atoms with E-state index in [0.29, 0.717) is 24.4 Å². The highest BCUT2D eigenvalue weighted by atomic mass is 35.5. The maximum atomic E-state index is 14.7. The standard InChI is InChI=1S/C26H27FN4O2S2.C19H23ClN2O2S.C7H5FN2S/c1-16-17(6-8-31(16)9-11-33-25-4-2-3-10-32-25)23-12-18-20(5-7-28-26(18)35-23)30-21-14-22-24(13-19(21)27)34-15-29-22;1-13-14(17-12-15-16(20)5-7-21-19(15)25-17)6-8-22(13)9-11-24-18-4-2-3-10-23-18;8-4-1-7-6(2-5(4)9)10-3-11-7/h5-7,12-16,25H,2-4,8-11H2,1H3,(H,28,30);5-7,12-13,18H,2-4,8-11H2,1H3;1-3H,9H2. The van der Waals surface area contributed by atoms with Crippen LogP contribution in [0.15, 0.2) is 84.1 Å². The van der Waals surface area contributed by atoms with E-state index in [9.17, 15) is 8.78 Å². The number of benzene rings is 2. The summed E-state index contributed by atoms with van der Waals surface area (Å²) in [5, 5.41) is 6.10. The number of nitrogens with two attached hydrogens (primary N) is 1. The summed E-state index contributed by atoms with van der Waals surface area (Å²) in [7, 11) is 0. The lowest BCUT2D eigenvalue weighted by Crippen LogP contribution is -2.34. The highest BCUT2D eigenvalue weighted by Gasteiger charge is 2.28. The van der Waals surface area contributed by atoms with Crippen LogP contribution >= 0.6 is 56.9 Å². The van der Waals surface area contributed by atoms with Gasteiger partial charge in [-0.1, -0.05) is 23.8 Å². The number of thiazole rings is 2. The van der Waals surface area contributed by atoms with Crippen molar-refractivity contribution in [1.82, 2.24) is 29.7 Å². The minimum atomic E-state index is -0.373. The van der Waals surface area contributed by atoms with E-state index >= 15 is 0 Å². The van der Waals surface area contributed by atoms with Gasteiger partial charge in [0.25, 0.3) is 0 Å². The average molecular weight is 1060 g/mol. The molecule has 8 aromatic rings. The maximum Gasteiger partial charge on any atom is 0.157 e. The summed E-state index contributed by atoms with van der Waals surface area (Å²) >= 11 is 12.5. The quantitative estimate of drug-likeness (QED) is 0.113. The Morgan fingerprint density at radius 3 is 1.82 bits per heavy atom. The summed E-state index contributed by atoms with van der Waals surface area (Å²) in [5.41, 5.74) is 14.4. The number of thiophene rings is 2. The van der Waals surface area contributed by atoms with Crippen molar-refractivity contribution in [3.63, 3.8) is 0 Å². The number of nitrogen functional groups attached to an aromatic ring is 1. The second-order valence-electron chi connectivity index (χ2n) is 17.8. The van der Waals surface area contributed by atoms with Gasteiger partial charge in [-0.05, 0) is 112 Å². The maximum absolute atomic E-state index is 14.7. The fraction of sp³-hybridized carbons (Fsp3) is 0.385. The van der Waals surface area contributed by atoms with Crippen molar-refractivity contribution in [2.75, 3.05) is 63.7 Å². The Bertz CT molecular complexity index is 3130. The predicted octanol–water partition coefficient (Wildman–Crippen LogP) is 13.0. The molecule has 71 heavy (non-hydrogen) atoms. The van der Waals surface area contributed by atoms with Crippen LogP contribution in [0.4, 0.5) is 25.8 Å². The molecular weight excluding hydrogens is 1000 g/mol. The number of halogens is 3. The lowest BCUT2D eigenvalue weighted by Gasteiger charge is -2.26. The zero-order valence-electron chi connectivity index (χ0n) is 39.5. The molecule has 2 aromatic carbocycles. The van der Waals surface area contributed by atoms with Crippen LogP contribution in [-0.2, 0) is 18.9 Å². The van der Waals surface area contributed by atoms with E-state index in [1.165, 1.54) is 68.5 Å². The molecule has 0 bridgehead atoms. The number of hydrogen-bond donors (Lipinski definition) is 2. The Morgan fingerprint density at radius 1 is 0.690 bits per heavy atom. The molecule has 10 heterocycles. The number of pyridine rings is 2. The van der Waals surface area contributed by atoms with Gasteiger partial charge >= 0.3 is 0 Å². The van der Waals surface area contributed by atoms with Gasteiger partial charge < -0.3 is 30.0 Å². The van der Waals surface area contributed by atoms with E-state index in [2.05, 4.69) is 73.2 Å². The van der Waals surface area contributed by atoms with Gasteiger partial charge in [0.2, 0.25) is 0 Å². The predicted molar refractivity (Wildman–Crippen MR) is 288 cm³/mol. The molecule has 6 aromatic heterocycles. The Balaban J connectivity index is 0.000000140. The Morgan fingerprint density at radius 2 is 1.24 bits per heavy atom. The second kappa shape index (κ2) is 23.1. The average Bonchev–Trinajstić information content (AvgIpc) is 4.26. The first-order valence-electron chi connectivity index (χ1n) is 24.0. The number of fused-ring (bicyclic) bond motifs is 4. The normalized spacial score (nSPS) is 20.8. The molecule has 4 unspecified atom stereocenters. The fourth-order valence-corrected chi connectivity index (χ4v) is 13.1. The first-order valence-corrected chi connectivity index (χ1v) is 27.8. The van der Waals surface area contributed by atoms with Crippen LogP contribution in [-0.4, -0.2) is 107 Å². The molecule has 0 spiro atoms. The van der Waals surface area contributed by atoms with Gasteiger partial charge in [-0.15, -0.1) is 45.3 Å². The van der Waals surface area contributed by atoms with E-state index in [-0.39, 0.29) is 29.9 Å². The van der Waals surface area contributed by atoms with Crippen molar-refractivity contribution in [3.8, 4) is 0 Å². The summed E-state index contributed by atoms with van der Waals surface area (Å²) in [6.07, 6.45) is 14.8. The summed E-state index contributed by atoms with van der Waals surface area (Å²) in [4.78, 5) is 26.6. The van der Waals surface area contributed by atoms with Crippen molar-refractivity contribution in [3.05, 3.63) is 111 Å².